The third kappa shape index (κ3) is 2.31. The molecule has 16 heavy (non-hydrogen) atoms. The fourth-order valence-electron chi connectivity index (χ4n) is 1.71. The molecule has 0 saturated carbocycles. The highest BCUT2D eigenvalue weighted by Crippen LogP contribution is 2.21. The Hall–Kier alpha value is -1.20. The summed E-state index contributed by atoms with van der Waals surface area (Å²) >= 11 is 1.69. The van der Waals surface area contributed by atoms with Crippen LogP contribution in [0.15, 0.2) is 24.1 Å². The van der Waals surface area contributed by atoms with E-state index in [0.29, 0.717) is 5.92 Å². The van der Waals surface area contributed by atoms with Gasteiger partial charge in [0.15, 0.2) is 0 Å². The molecule has 2 rings (SSSR count). The molecule has 0 aliphatic carbocycles. The smallest absolute Gasteiger partial charge is 0.0970 e. The molecular weight excluding hydrogens is 220 g/mol. The van der Waals surface area contributed by atoms with Gasteiger partial charge in [-0.25, -0.2) is 9.97 Å². The lowest BCUT2D eigenvalue weighted by Gasteiger charge is -2.14. The maximum absolute atomic E-state index is 5.88. The predicted octanol–water partition coefficient (Wildman–Crippen LogP) is 2.16. The normalized spacial score (nSPS) is 14.9. The van der Waals surface area contributed by atoms with Gasteiger partial charge in [0.05, 0.1) is 17.0 Å². The average Bonchev–Trinajstić information content (AvgIpc) is 2.86. The van der Waals surface area contributed by atoms with E-state index in [-0.39, 0.29) is 6.04 Å². The second-order valence-electron chi connectivity index (χ2n) is 4.03. The molecule has 4 nitrogen and oxygen atoms in total. The summed E-state index contributed by atoms with van der Waals surface area (Å²) in [6, 6.07) is 0.0194. The molecule has 0 spiro atoms. The second-order valence-corrected chi connectivity index (χ2v) is 4.96. The number of thiazole rings is 1. The lowest BCUT2D eigenvalue weighted by atomic mass is 10.2. The fourth-order valence-corrected chi connectivity index (χ4v) is 2.40. The van der Waals surface area contributed by atoms with Crippen LogP contribution in [0, 0.1) is 0 Å². The number of nitrogens with zero attached hydrogens (tertiary/aromatic N) is 3. The summed E-state index contributed by atoms with van der Waals surface area (Å²) in [5.41, 5.74) is 6.95. The van der Waals surface area contributed by atoms with Gasteiger partial charge in [0.2, 0.25) is 0 Å². The molecule has 0 radical (unpaired) electrons. The Bertz CT molecular complexity index is 433. The van der Waals surface area contributed by atoms with Gasteiger partial charge in [-0.15, -0.1) is 11.3 Å². The lowest BCUT2D eigenvalue weighted by Crippen LogP contribution is -2.14. The Kier molecular flexibility index (Phi) is 3.36. The highest BCUT2D eigenvalue weighted by molar-refractivity contribution is 7.09. The van der Waals surface area contributed by atoms with Crippen molar-refractivity contribution in [2.24, 2.45) is 5.73 Å². The van der Waals surface area contributed by atoms with Gasteiger partial charge < -0.3 is 10.3 Å². The zero-order valence-corrected chi connectivity index (χ0v) is 10.3. The molecule has 2 unspecified atom stereocenters. The Morgan fingerprint density at radius 1 is 1.50 bits per heavy atom. The highest BCUT2D eigenvalue weighted by Gasteiger charge is 2.12. The summed E-state index contributed by atoms with van der Waals surface area (Å²) in [5, 5.41) is 3.16. The van der Waals surface area contributed by atoms with Gasteiger partial charge >= 0.3 is 0 Å². The van der Waals surface area contributed by atoms with Crippen molar-refractivity contribution in [3.05, 3.63) is 34.8 Å². The molecule has 2 aromatic heterocycles. The molecule has 0 aromatic carbocycles. The third-order valence-electron chi connectivity index (χ3n) is 2.55. The number of hydrogen-bond acceptors (Lipinski definition) is 4. The highest BCUT2D eigenvalue weighted by atomic mass is 32.1. The van der Waals surface area contributed by atoms with Crippen LogP contribution < -0.4 is 5.73 Å². The summed E-state index contributed by atoms with van der Waals surface area (Å²) in [4.78, 5) is 8.47. The van der Waals surface area contributed by atoms with Crippen LogP contribution in [0.2, 0.25) is 0 Å². The van der Waals surface area contributed by atoms with E-state index < -0.39 is 0 Å². The van der Waals surface area contributed by atoms with Crippen molar-refractivity contribution >= 4 is 11.3 Å². The lowest BCUT2D eigenvalue weighted by molar-refractivity contribution is 0.558. The Labute approximate surface area is 99.2 Å². The fraction of sp³-hybridized carbons (Fsp3) is 0.455. The van der Waals surface area contributed by atoms with Crippen LogP contribution in [0.5, 0.6) is 0 Å². The molecule has 2 atom stereocenters. The number of imidazole rings is 1. The van der Waals surface area contributed by atoms with Crippen LogP contribution in [-0.4, -0.2) is 14.5 Å². The first-order chi connectivity index (χ1) is 7.68. The van der Waals surface area contributed by atoms with E-state index in [0.717, 1.165) is 17.2 Å². The third-order valence-corrected chi connectivity index (χ3v) is 3.56. The van der Waals surface area contributed by atoms with Crippen molar-refractivity contribution in [2.75, 3.05) is 0 Å². The standard InChI is InChI=1S/C11H16N4S/c1-8(11-14-3-4-16-11)6-15-7-13-5-10(15)9(2)12/h3-5,7-9H,6,12H2,1-2H3. The molecule has 5 heteroatoms. The van der Waals surface area contributed by atoms with Crippen LogP contribution in [0.25, 0.3) is 0 Å². The van der Waals surface area contributed by atoms with Crippen molar-refractivity contribution < 1.29 is 0 Å². The number of aromatic nitrogens is 3. The molecule has 0 amide bonds. The van der Waals surface area contributed by atoms with E-state index >= 15 is 0 Å². The monoisotopic (exact) mass is 236 g/mol. The molecule has 86 valence electrons. The van der Waals surface area contributed by atoms with Crippen LogP contribution in [0.4, 0.5) is 0 Å². The van der Waals surface area contributed by atoms with E-state index in [2.05, 4.69) is 21.5 Å². The molecular formula is C11H16N4S. The topological polar surface area (TPSA) is 56.7 Å². The van der Waals surface area contributed by atoms with Crippen LogP contribution >= 0.6 is 11.3 Å². The largest absolute Gasteiger partial charge is 0.333 e. The van der Waals surface area contributed by atoms with E-state index in [9.17, 15) is 0 Å². The second kappa shape index (κ2) is 4.76. The van der Waals surface area contributed by atoms with Gasteiger partial charge in [0.25, 0.3) is 0 Å². The minimum absolute atomic E-state index is 0.0194. The summed E-state index contributed by atoms with van der Waals surface area (Å²) < 4.78 is 2.11. The Morgan fingerprint density at radius 3 is 2.94 bits per heavy atom. The number of nitrogens with two attached hydrogens (primary N) is 1. The quantitative estimate of drug-likeness (QED) is 0.885. The maximum Gasteiger partial charge on any atom is 0.0970 e. The molecule has 0 aliphatic rings. The van der Waals surface area contributed by atoms with Crippen molar-refractivity contribution in [3.63, 3.8) is 0 Å². The van der Waals surface area contributed by atoms with E-state index in [1.807, 2.05) is 31.0 Å². The Balaban J connectivity index is 2.12. The van der Waals surface area contributed by atoms with Crippen LogP contribution in [0.1, 0.15) is 36.5 Å². The van der Waals surface area contributed by atoms with Gasteiger partial charge in [0, 0.05) is 36.3 Å². The van der Waals surface area contributed by atoms with Gasteiger partial charge in [-0.05, 0) is 6.92 Å². The first kappa shape index (κ1) is 11.3. The summed E-state index contributed by atoms with van der Waals surface area (Å²) in [5.74, 6) is 0.395. The van der Waals surface area contributed by atoms with Gasteiger partial charge in [-0.3, -0.25) is 0 Å². The number of rotatable bonds is 4. The Morgan fingerprint density at radius 2 is 2.31 bits per heavy atom. The van der Waals surface area contributed by atoms with Gasteiger partial charge in [-0.2, -0.15) is 0 Å². The summed E-state index contributed by atoms with van der Waals surface area (Å²) in [7, 11) is 0. The minimum atomic E-state index is 0.0194. The maximum atomic E-state index is 5.88. The van der Waals surface area contributed by atoms with E-state index in [1.54, 1.807) is 11.3 Å². The molecule has 2 N–H and O–H groups in total. The van der Waals surface area contributed by atoms with Gasteiger partial charge in [0.1, 0.15) is 0 Å². The zero-order chi connectivity index (χ0) is 11.5. The number of hydrogen-bond donors (Lipinski definition) is 1. The van der Waals surface area contributed by atoms with Crippen LogP contribution in [0.3, 0.4) is 0 Å². The van der Waals surface area contributed by atoms with Crippen molar-refractivity contribution in [1.82, 2.24) is 14.5 Å². The molecule has 0 bridgehead atoms. The molecule has 2 aromatic rings. The molecule has 2 heterocycles. The minimum Gasteiger partial charge on any atom is -0.333 e. The first-order valence-corrected chi connectivity index (χ1v) is 6.21. The van der Waals surface area contributed by atoms with Crippen molar-refractivity contribution in [1.29, 1.82) is 0 Å². The van der Waals surface area contributed by atoms with E-state index in [1.165, 1.54) is 0 Å². The first-order valence-electron chi connectivity index (χ1n) is 5.33. The zero-order valence-electron chi connectivity index (χ0n) is 9.50. The summed E-state index contributed by atoms with van der Waals surface area (Å²) in [6.45, 7) is 5.02. The molecule has 0 saturated heterocycles. The van der Waals surface area contributed by atoms with E-state index in [4.69, 9.17) is 5.73 Å². The summed E-state index contributed by atoms with van der Waals surface area (Å²) in [6.07, 6.45) is 5.51. The van der Waals surface area contributed by atoms with Crippen LogP contribution in [-0.2, 0) is 6.54 Å². The van der Waals surface area contributed by atoms with Gasteiger partial charge in [-0.1, -0.05) is 6.92 Å². The molecule has 0 aliphatic heterocycles. The molecule has 0 fully saturated rings. The van der Waals surface area contributed by atoms with Crippen molar-refractivity contribution in [3.8, 4) is 0 Å². The predicted molar refractivity (Wildman–Crippen MR) is 65.4 cm³/mol. The SMILES string of the molecule is CC(N)c1cncn1CC(C)c1nccs1. The van der Waals surface area contributed by atoms with Crippen molar-refractivity contribution in [2.45, 2.75) is 32.4 Å². The average molecular weight is 236 g/mol.